The Balaban J connectivity index is 1.66. The predicted molar refractivity (Wildman–Crippen MR) is 95.9 cm³/mol. The van der Waals surface area contributed by atoms with E-state index in [0.29, 0.717) is 6.42 Å². The fraction of sp³-hybridized carbons (Fsp3) is 0.211. The highest BCUT2D eigenvalue weighted by molar-refractivity contribution is 6.00. The average Bonchev–Trinajstić information content (AvgIpc) is 2.64. The zero-order valence-electron chi connectivity index (χ0n) is 14.1. The Labute approximate surface area is 151 Å². The summed E-state index contributed by atoms with van der Waals surface area (Å²) in [4.78, 5) is 34.6. The number of carboxylic acids is 1. The van der Waals surface area contributed by atoms with Crippen molar-refractivity contribution in [2.24, 2.45) is 0 Å². The van der Waals surface area contributed by atoms with Crippen LogP contribution in [0.25, 0.3) is 0 Å². The Hall–Kier alpha value is -3.35. The molecule has 0 fully saturated rings. The zero-order valence-corrected chi connectivity index (χ0v) is 14.1. The number of para-hydroxylation sites is 1. The van der Waals surface area contributed by atoms with Crippen molar-refractivity contribution in [2.45, 2.75) is 19.4 Å². The highest BCUT2D eigenvalue weighted by Gasteiger charge is 2.11. The van der Waals surface area contributed by atoms with Crippen LogP contribution in [0.2, 0.25) is 0 Å². The van der Waals surface area contributed by atoms with E-state index in [-0.39, 0.29) is 36.7 Å². The smallest absolute Gasteiger partial charge is 0.407 e. The lowest BCUT2D eigenvalue weighted by Gasteiger charge is -2.09. The molecule has 0 bridgehead atoms. The van der Waals surface area contributed by atoms with Crippen LogP contribution in [0.4, 0.5) is 10.5 Å². The summed E-state index contributed by atoms with van der Waals surface area (Å²) in [6, 6.07) is 15.5. The van der Waals surface area contributed by atoms with Crippen LogP contribution >= 0.6 is 0 Å². The van der Waals surface area contributed by atoms with Gasteiger partial charge in [-0.05, 0) is 24.1 Å². The summed E-state index contributed by atoms with van der Waals surface area (Å²) < 4.78 is 5.06. The minimum Gasteiger partial charge on any atom is -0.478 e. The molecule has 2 rings (SSSR count). The van der Waals surface area contributed by atoms with Gasteiger partial charge >= 0.3 is 12.1 Å². The summed E-state index contributed by atoms with van der Waals surface area (Å²) in [5.74, 6) is -1.43. The van der Waals surface area contributed by atoms with E-state index in [2.05, 4.69) is 10.6 Å². The number of rotatable bonds is 8. The van der Waals surface area contributed by atoms with Crippen molar-refractivity contribution in [3.05, 3.63) is 65.7 Å². The number of nitrogens with one attached hydrogen (secondary N) is 2. The molecule has 0 aromatic heterocycles. The number of alkyl carbamates (subject to hydrolysis) is 1. The van der Waals surface area contributed by atoms with Crippen LogP contribution in [0.5, 0.6) is 0 Å². The molecule has 2 amide bonds. The molecule has 7 nitrogen and oxygen atoms in total. The number of hydrogen-bond acceptors (Lipinski definition) is 4. The molecule has 0 radical (unpaired) electrons. The lowest BCUT2D eigenvalue weighted by Crippen LogP contribution is -2.26. The third-order valence-electron chi connectivity index (χ3n) is 3.49. The lowest BCUT2D eigenvalue weighted by atomic mass is 10.1. The molecule has 0 unspecified atom stereocenters. The van der Waals surface area contributed by atoms with Crippen molar-refractivity contribution in [2.75, 3.05) is 11.9 Å². The van der Waals surface area contributed by atoms with Gasteiger partial charge in [-0.1, -0.05) is 42.5 Å². The van der Waals surface area contributed by atoms with Gasteiger partial charge in [0.15, 0.2) is 0 Å². The van der Waals surface area contributed by atoms with Crippen LogP contribution in [0.1, 0.15) is 28.8 Å². The number of ether oxygens (including phenoxy) is 1. The fourth-order valence-corrected chi connectivity index (χ4v) is 2.20. The first kappa shape index (κ1) is 19.0. The summed E-state index contributed by atoms with van der Waals surface area (Å²) in [6.45, 7) is 0.459. The quantitative estimate of drug-likeness (QED) is 0.631. The Morgan fingerprint density at radius 3 is 2.38 bits per heavy atom. The molecule has 0 atom stereocenters. The van der Waals surface area contributed by atoms with Gasteiger partial charge in [-0.15, -0.1) is 0 Å². The first-order chi connectivity index (χ1) is 12.6. The number of carbonyl (C=O) groups is 3. The summed E-state index contributed by atoms with van der Waals surface area (Å²) in [7, 11) is 0. The van der Waals surface area contributed by atoms with Gasteiger partial charge in [-0.2, -0.15) is 0 Å². The molecular weight excluding hydrogens is 336 g/mol. The maximum absolute atomic E-state index is 11.9. The van der Waals surface area contributed by atoms with Gasteiger partial charge in [0, 0.05) is 13.0 Å². The third kappa shape index (κ3) is 6.27. The molecule has 136 valence electrons. The molecule has 0 aliphatic carbocycles. The summed E-state index contributed by atoms with van der Waals surface area (Å²) >= 11 is 0. The topological polar surface area (TPSA) is 105 Å². The van der Waals surface area contributed by atoms with Crippen LogP contribution in [0.3, 0.4) is 0 Å². The average molecular weight is 356 g/mol. The molecule has 0 aliphatic heterocycles. The molecule has 0 aliphatic rings. The minimum atomic E-state index is -1.11. The summed E-state index contributed by atoms with van der Waals surface area (Å²) in [5, 5.41) is 14.2. The molecule has 3 N–H and O–H groups in total. The molecule has 26 heavy (non-hydrogen) atoms. The number of carboxylic acid groups (broad SMARTS) is 1. The van der Waals surface area contributed by atoms with Gasteiger partial charge in [-0.3, -0.25) is 4.79 Å². The molecule has 2 aromatic rings. The highest BCUT2D eigenvalue weighted by atomic mass is 16.5. The number of carbonyl (C=O) groups excluding carboxylic acids is 2. The Kier molecular flexibility index (Phi) is 7.17. The van der Waals surface area contributed by atoms with E-state index >= 15 is 0 Å². The van der Waals surface area contributed by atoms with Crippen LogP contribution < -0.4 is 10.6 Å². The zero-order chi connectivity index (χ0) is 18.8. The highest BCUT2D eigenvalue weighted by Crippen LogP contribution is 2.15. The largest absolute Gasteiger partial charge is 0.478 e. The van der Waals surface area contributed by atoms with Gasteiger partial charge in [0.1, 0.15) is 6.61 Å². The standard InChI is InChI=1S/C19H20N2O5/c22-17(21-16-10-5-4-9-15(16)18(23)24)11-6-12-20-19(25)26-13-14-7-2-1-3-8-14/h1-5,7-10H,6,11-13H2,(H,20,25)(H,21,22)(H,23,24). The van der Waals surface area contributed by atoms with Gasteiger partial charge in [-0.25, -0.2) is 9.59 Å². The number of benzene rings is 2. The van der Waals surface area contributed by atoms with E-state index in [4.69, 9.17) is 9.84 Å². The number of anilines is 1. The van der Waals surface area contributed by atoms with Crippen LogP contribution in [0.15, 0.2) is 54.6 Å². The second-order valence-corrected chi connectivity index (χ2v) is 5.49. The van der Waals surface area contributed by atoms with E-state index in [1.54, 1.807) is 12.1 Å². The van der Waals surface area contributed by atoms with Gasteiger partial charge < -0.3 is 20.5 Å². The van der Waals surface area contributed by atoms with Crippen molar-refractivity contribution in [3.8, 4) is 0 Å². The molecule has 7 heteroatoms. The van der Waals surface area contributed by atoms with E-state index < -0.39 is 12.1 Å². The lowest BCUT2D eigenvalue weighted by molar-refractivity contribution is -0.116. The molecule has 0 saturated heterocycles. The monoisotopic (exact) mass is 356 g/mol. The Bertz CT molecular complexity index is 762. The Morgan fingerprint density at radius 2 is 1.65 bits per heavy atom. The maximum Gasteiger partial charge on any atom is 0.407 e. The van der Waals surface area contributed by atoms with Crippen LogP contribution in [-0.4, -0.2) is 29.6 Å². The van der Waals surface area contributed by atoms with Crippen molar-refractivity contribution >= 4 is 23.7 Å². The maximum atomic E-state index is 11.9. The van der Waals surface area contributed by atoms with Crippen molar-refractivity contribution in [1.29, 1.82) is 0 Å². The first-order valence-electron chi connectivity index (χ1n) is 8.13. The van der Waals surface area contributed by atoms with Gasteiger partial charge in [0.2, 0.25) is 5.91 Å². The number of aromatic carboxylic acids is 1. The van der Waals surface area contributed by atoms with Gasteiger partial charge in [0.05, 0.1) is 11.3 Å². The van der Waals surface area contributed by atoms with Gasteiger partial charge in [0.25, 0.3) is 0 Å². The molecule has 0 spiro atoms. The minimum absolute atomic E-state index is 0.0310. The molecular formula is C19H20N2O5. The SMILES string of the molecule is O=C(CCCNC(=O)OCc1ccccc1)Nc1ccccc1C(=O)O. The van der Waals surface area contributed by atoms with Crippen molar-refractivity contribution in [1.82, 2.24) is 5.32 Å². The number of amides is 2. The van der Waals surface area contributed by atoms with E-state index in [1.165, 1.54) is 12.1 Å². The number of hydrogen-bond donors (Lipinski definition) is 3. The molecule has 2 aromatic carbocycles. The van der Waals surface area contributed by atoms with Crippen molar-refractivity contribution < 1.29 is 24.2 Å². The third-order valence-corrected chi connectivity index (χ3v) is 3.49. The normalized spacial score (nSPS) is 10.0. The van der Waals surface area contributed by atoms with E-state index in [0.717, 1.165) is 5.56 Å². The van der Waals surface area contributed by atoms with Crippen LogP contribution in [-0.2, 0) is 16.1 Å². The fourth-order valence-electron chi connectivity index (χ4n) is 2.20. The second kappa shape index (κ2) is 9.83. The summed E-state index contributed by atoms with van der Waals surface area (Å²) in [6.07, 6.45) is -0.000451. The van der Waals surface area contributed by atoms with E-state index in [9.17, 15) is 14.4 Å². The first-order valence-corrected chi connectivity index (χ1v) is 8.13. The van der Waals surface area contributed by atoms with E-state index in [1.807, 2.05) is 30.3 Å². The van der Waals surface area contributed by atoms with Crippen molar-refractivity contribution in [3.63, 3.8) is 0 Å². The summed E-state index contributed by atoms with van der Waals surface area (Å²) in [5.41, 5.74) is 1.17. The Morgan fingerprint density at radius 1 is 0.962 bits per heavy atom. The molecule has 0 heterocycles. The van der Waals surface area contributed by atoms with Crippen LogP contribution in [0, 0.1) is 0 Å². The predicted octanol–water partition coefficient (Wildman–Crippen LogP) is 3.03. The second-order valence-electron chi connectivity index (χ2n) is 5.49. The molecule has 0 saturated carbocycles.